The highest BCUT2D eigenvalue weighted by Gasteiger charge is 2.28. The van der Waals surface area contributed by atoms with E-state index in [2.05, 4.69) is 20.8 Å². The van der Waals surface area contributed by atoms with Crippen LogP contribution in [0.1, 0.15) is 29.5 Å². The molecule has 3 aromatic rings. The van der Waals surface area contributed by atoms with E-state index in [1.165, 1.54) is 11.1 Å². The number of rotatable bonds is 11. The number of hydrazine groups is 1. The van der Waals surface area contributed by atoms with Crippen LogP contribution in [0, 0.1) is 19.7 Å². The van der Waals surface area contributed by atoms with Gasteiger partial charge < -0.3 is 20.1 Å². The maximum Gasteiger partial charge on any atom is 0.256 e. The van der Waals surface area contributed by atoms with E-state index < -0.39 is 0 Å². The number of benzene rings is 2. The van der Waals surface area contributed by atoms with E-state index in [1.807, 2.05) is 38.1 Å². The van der Waals surface area contributed by atoms with Gasteiger partial charge in [0, 0.05) is 57.0 Å². The van der Waals surface area contributed by atoms with E-state index in [4.69, 9.17) is 4.52 Å². The van der Waals surface area contributed by atoms with Gasteiger partial charge in [0.25, 0.3) is 5.91 Å². The monoisotopic (exact) mass is 523 g/mol. The molecule has 0 radical (unpaired) electrons. The van der Waals surface area contributed by atoms with Crippen molar-refractivity contribution in [1.29, 1.82) is 0 Å². The van der Waals surface area contributed by atoms with Gasteiger partial charge in [0.1, 0.15) is 12.4 Å². The zero-order valence-corrected chi connectivity index (χ0v) is 22.3. The molecule has 0 spiro atoms. The summed E-state index contributed by atoms with van der Waals surface area (Å²) in [5, 5.41) is 13.6. The Morgan fingerprint density at radius 3 is 2.66 bits per heavy atom. The lowest BCUT2D eigenvalue weighted by Gasteiger charge is -2.31. The van der Waals surface area contributed by atoms with Gasteiger partial charge in [-0.3, -0.25) is 14.6 Å². The molecular weight excluding hydrogens is 489 g/mol. The maximum absolute atomic E-state index is 14.2. The van der Waals surface area contributed by atoms with Crippen molar-refractivity contribution in [2.45, 2.75) is 33.9 Å². The van der Waals surface area contributed by atoms with Crippen molar-refractivity contribution < 1.29 is 18.5 Å². The Morgan fingerprint density at radius 2 is 1.97 bits per heavy atom. The number of aromatic nitrogens is 2. The Balaban J connectivity index is 1.37. The molecule has 1 aromatic heterocycles. The Kier molecular flexibility index (Phi) is 8.70. The van der Waals surface area contributed by atoms with Crippen LogP contribution in [0.15, 0.2) is 40.9 Å². The molecule has 1 aliphatic heterocycles. The zero-order chi connectivity index (χ0) is 27.2. The van der Waals surface area contributed by atoms with Crippen LogP contribution >= 0.6 is 0 Å². The van der Waals surface area contributed by atoms with Gasteiger partial charge in [0.2, 0.25) is 17.6 Å². The van der Waals surface area contributed by atoms with E-state index in [0.717, 1.165) is 28.9 Å². The fraction of sp³-hybridized carbons (Fsp3) is 0.407. The molecule has 0 aliphatic carbocycles. The second-order valence-electron chi connectivity index (χ2n) is 9.31. The minimum Gasteiger partial charge on any atom is -0.376 e. The predicted molar refractivity (Wildman–Crippen MR) is 141 cm³/mol. The third kappa shape index (κ3) is 6.35. The highest BCUT2D eigenvalue weighted by Crippen LogP contribution is 2.26. The first-order valence-corrected chi connectivity index (χ1v) is 12.7. The molecule has 1 aliphatic rings. The lowest BCUT2D eigenvalue weighted by atomic mass is 10.1. The van der Waals surface area contributed by atoms with Crippen LogP contribution < -0.4 is 10.6 Å². The van der Waals surface area contributed by atoms with E-state index in [-0.39, 0.29) is 30.7 Å². The van der Waals surface area contributed by atoms with Gasteiger partial charge in [0.05, 0.1) is 6.54 Å². The number of carbonyl (C=O) groups excluding carboxylic acids is 2. The van der Waals surface area contributed by atoms with Crippen LogP contribution in [0.3, 0.4) is 0 Å². The van der Waals surface area contributed by atoms with E-state index in [0.29, 0.717) is 43.5 Å². The topological polar surface area (TPSA) is 107 Å². The van der Waals surface area contributed by atoms with Crippen LogP contribution in [-0.4, -0.2) is 76.6 Å². The van der Waals surface area contributed by atoms with Crippen molar-refractivity contribution in [3.8, 4) is 11.4 Å². The quantitative estimate of drug-likeness (QED) is 0.370. The third-order valence-electron chi connectivity index (χ3n) is 6.62. The Hall–Kier alpha value is -3.83. The lowest BCUT2D eigenvalue weighted by molar-refractivity contribution is -0.151. The first-order chi connectivity index (χ1) is 18.3. The van der Waals surface area contributed by atoms with Crippen molar-refractivity contribution in [2.75, 3.05) is 45.1 Å². The number of hydrogen-bond donors (Lipinski definition) is 2. The average Bonchev–Trinajstić information content (AvgIpc) is 3.54. The lowest BCUT2D eigenvalue weighted by Crippen LogP contribution is -2.49. The van der Waals surface area contributed by atoms with E-state index >= 15 is 0 Å². The predicted octanol–water partition coefficient (Wildman–Crippen LogP) is 2.73. The molecule has 38 heavy (non-hydrogen) atoms. The molecule has 11 heteroatoms. The van der Waals surface area contributed by atoms with Gasteiger partial charge in [-0.1, -0.05) is 24.2 Å². The molecule has 4 rings (SSSR count). The summed E-state index contributed by atoms with van der Waals surface area (Å²) in [6.45, 7) is 8.08. The smallest absolute Gasteiger partial charge is 0.256 e. The molecule has 202 valence electrons. The van der Waals surface area contributed by atoms with Crippen LogP contribution in [0.4, 0.5) is 10.1 Å². The summed E-state index contributed by atoms with van der Waals surface area (Å²) in [6.07, 6.45) is 0. The number of halogens is 1. The van der Waals surface area contributed by atoms with E-state index in [1.54, 1.807) is 29.9 Å². The van der Waals surface area contributed by atoms with Gasteiger partial charge >= 0.3 is 0 Å². The molecule has 2 heterocycles. The minimum atomic E-state index is -0.268. The fourth-order valence-corrected chi connectivity index (χ4v) is 4.38. The number of hydrogen-bond acceptors (Lipinski definition) is 8. The van der Waals surface area contributed by atoms with Crippen LogP contribution in [0.5, 0.6) is 0 Å². The first kappa shape index (κ1) is 27.2. The number of amides is 2. The van der Waals surface area contributed by atoms with Crippen molar-refractivity contribution in [2.24, 2.45) is 0 Å². The van der Waals surface area contributed by atoms with Gasteiger partial charge in [-0.25, -0.2) is 9.40 Å². The molecule has 0 unspecified atom stereocenters. The van der Waals surface area contributed by atoms with Gasteiger partial charge in [-0.2, -0.15) is 4.98 Å². The summed E-state index contributed by atoms with van der Waals surface area (Å²) in [5.74, 6) is 0.297. The largest absolute Gasteiger partial charge is 0.376 e. The molecule has 0 fully saturated rings. The van der Waals surface area contributed by atoms with Crippen LogP contribution in [0.25, 0.3) is 11.4 Å². The summed E-state index contributed by atoms with van der Waals surface area (Å²) in [7, 11) is 1.66. The zero-order valence-electron chi connectivity index (χ0n) is 22.3. The molecule has 0 bridgehead atoms. The summed E-state index contributed by atoms with van der Waals surface area (Å²) in [6, 6.07) is 10.6. The van der Waals surface area contributed by atoms with Crippen LogP contribution in [0.2, 0.25) is 0 Å². The van der Waals surface area contributed by atoms with Gasteiger partial charge in [-0.15, -0.1) is 0 Å². The summed E-state index contributed by atoms with van der Waals surface area (Å²) >= 11 is 0. The highest BCUT2D eigenvalue weighted by atomic mass is 19.1. The number of carbonyl (C=O) groups is 2. The maximum atomic E-state index is 14.2. The fourth-order valence-electron chi connectivity index (χ4n) is 4.38. The van der Waals surface area contributed by atoms with E-state index in [9.17, 15) is 14.0 Å². The second-order valence-corrected chi connectivity index (χ2v) is 9.31. The number of fused-ring (bicyclic) bond motifs is 1. The van der Waals surface area contributed by atoms with Crippen molar-refractivity contribution >= 4 is 17.5 Å². The summed E-state index contributed by atoms with van der Waals surface area (Å²) in [4.78, 5) is 32.1. The summed E-state index contributed by atoms with van der Waals surface area (Å²) in [5.41, 5.74) is 4.01. The molecule has 10 nitrogen and oxygen atoms in total. The highest BCUT2D eigenvalue weighted by molar-refractivity contribution is 5.87. The summed E-state index contributed by atoms with van der Waals surface area (Å²) < 4.78 is 19.2. The molecule has 0 saturated heterocycles. The number of likely N-dealkylation sites (N-methyl/N-ethyl adjacent to an activating group) is 2. The Morgan fingerprint density at radius 1 is 1.16 bits per heavy atom. The van der Waals surface area contributed by atoms with Gasteiger partial charge in [-0.05, 0) is 48.9 Å². The average molecular weight is 524 g/mol. The molecular formula is C27H34FN7O3. The number of nitrogens with zero attached hydrogens (tertiary/aromatic N) is 5. The number of nitrogens with one attached hydrogen (secondary N) is 2. The molecule has 2 aromatic carbocycles. The molecule has 2 N–H and O–H groups in total. The van der Waals surface area contributed by atoms with Gasteiger partial charge in [0.15, 0.2) is 0 Å². The van der Waals surface area contributed by atoms with Crippen molar-refractivity contribution in [3.63, 3.8) is 0 Å². The second kappa shape index (κ2) is 12.1. The Labute approximate surface area is 221 Å². The molecule has 0 atom stereocenters. The molecule has 0 saturated carbocycles. The number of aryl methyl sites for hydroxylation is 2. The van der Waals surface area contributed by atoms with Crippen molar-refractivity contribution in [1.82, 2.24) is 30.4 Å². The SMILES string of the molecule is CCNCCN(CC(=O)N(C)N1Cc2cccc(F)c2C1)C(=O)CNc1ccc(-c2noc(C)n2)cc1C. The third-order valence-corrected chi connectivity index (χ3v) is 6.62. The molecule has 2 amide bonds. The first-order valence-electron chi connectivity index (χ1n) is 12.7. The Bertz CT molecular complexity index is 1300. The normalized spacial score (nSPS) is 12.9. The van der Waals surface area contributed by atoms with Crippen molar-refractivity contribution in [3.05, 3.63) is 64.8 Å². The van der Waals surface area contributed by atoms with Crippen LogP contribution in [-0.2, 0) is 22.7 Å². The standard InChI is InChI=1S/C27H34FN7O3/c1-5-29-11-12-34(17-26(37)33(4)35-15-21-7-6-8-23(28)22(21)16-35)25(36)14-30-24-10-9-20(13-18(24)2)27-31-19(3)38-32-27/h6-10,13,29-30H,5,11-12,14-17H2,1-4H3. The minimum absolute atomic E-state index is 0.0327. The number of anilines is 1.